The minimum atomic E-state index is -0.0683. The molecule has 0 amide bonds. The second kappa shape index (κ2) is 9.43. The first kappa shape index (κ1) is 28.0. The van der Waals surface area contributed by atoms with Crippen LogP contribution in [0.4, 0.5) is 0 Å². The molecule has 2 heteroatoms. The van der Waals surface area contributed by atoms with Gasteiger partial charge < -0.3 is 9.13 Å². The number of benzene rings is 7. The quantitative estimate of drug-likeness (QED) is 0.178. The van der Waals surface area contributed by atoms with E-state index in [9.17, 15) is 0 Å². The van der Waals surface area contributed by atoms with Crippen LogP contribution in [0.5, 0.6) is 0 Å². The van der Waals surface area contributed by atoms with Crippen LogP contribution < -0.4 is 0 Å². The van der Waals surface area contributed by atoms with Crippen molar-refractivity contribution in [2.24, 2.45) is 0 Å². The van der Waals surface area contributed by atoms with Gasteiger partial charge in [-0.25, -0.2) is 0 Å². The lowest BCUT2D eigenvalue weighted by molar-refractivity contribution is 0.660. The van der Waals surface area contributed by atoms with Crippen molar-refractivity contribution in [3.05, 3.63) is 168 Å². The van der Waals surface area contributed by atoms with Crippen molar-refractivity contribution in [3.63, 3.8) is 0 Å². The normalized spacial score (nSPS) is 15.1. The first-order valence-electron chi connectivity index (χ1n) is 17.8. The van der Waals surface area contributed by atoms with Gasteiger partial charge in [-0.15, -0.1) is 0 Å². The van der Waals surface area contributed by atoms with Crippen molar-refractivity contribution >= 4 is 43.6 Å². The van der Waals surface area contributed by atoms with Crippen LogP contribution in [-0.4, -0.2) is 9.13 Å². The summed E-state index contributed by atoms with van der Waals surface area (Å²) in [5.74, 6) is 0. The molecule has 2 aliphatic carbocycles. The Morgan fingerprint density at radius 1 is 0.360 bits per heavy atom. The van der Waals surface area contributed by atoms with E-state index in [1.54, 1.807) is 0 Å². The van der Waals surface area contributed by atoms with E-state index in [2.05, 4.69) is 182 Å². The maximum absolute atomic E-state index is 2.53. The van der Waals surface area contributed by atoms with Gasteiger partial charge in [-0.05, 0) is 87.0 Å². The summed E-state index contributed by atoms with van der Waals surface area (Å²) in [7, 11) is 0. The standard InChI is InChI=1S/C48H36N2/c1-47(2)39-18-10-6-14-32(39)37-27-29(22-25-40(37)47)50-42-19-11-7-15-34(42)35-24-26-44-45(46(35)50)36-16-8-12-20-43(36)49(44)30-21-23-33-31-13-5-9-17-38(31)48(3,4)41(33)28-30/h5-28H,1-4H3. The van der Waals surface area contributed by atoms with Crippen molar-refractivity contribution in [2.45, 2.75) is 38.5 Å². The monoisotopic (exact) mass is 640 g/mol. The van der Waals surface area contributed by atoms with E-state index in [4.69, 9.17) is 0 Å². The first-order valence-corrected chi connectivity index (χ1v) is 17.8. The first-order chi connectivity index (χ1) is 24.3. The number of para-hydroxylation sites is 2. The van der Waals surface area contributed by atoms with Crippen LogP contribution in [0.2, 0.25) is 0 Å². The molecule has 238 valence electrons. The van der Waals surface area contributed by atoms with Gasteiger partial charge in [0, 0.05) is 43.7 Å². The Kier molecular flexibility index (Phi) is 5.28. The Balaban J connectivity index is 1.23. The summed E-state index contributed by atoms with van der Waals surface area (Å²) in [5, 5.41) is 5.12. The zero-order chi connectivity index (χ0) is 33.5. The van der Waals surface area contributed by atoms with Crippen molar-refractivity contribution < 1.29 is 0 Å². The minimum absolute atomic E-state index is 0.0300. The van der Waals surface area contributed by atoms with Gasteiger partial charge in [0.1, 0.15) is 0 Å². The third kappa shape index (κ3) is 3.39. The molecule has 0 fully saturated rings. The van der Waals surface area contributed by atoms with Crippen molar-refractivity contribution in [1.82, 2.24) is 9.13 Å². The van der Waals surface area contributed by atoms with Gasteiger partial charge in [-0.1, -0.05) is 131 Å². The van der Waals surface area contributed by atoms with E-state index in [-0.39, 0.29) is 10.8 Å². The van der Waals surface area contributed by atoms with Crippen molar-refractivity contribution in [3.8, 4) is 33.6 Å². The predicted octanol–water partition coefficient (Wildman–Crippen LogP) is 12.5. The molecule has 0 unspecified atom stereocenters. The Morgan fingerprint density at radius 3 is 1.66 bits per heavy atom. The lowest BCUT2D eigenvalue weighted by Crippen LogP contribution is -2.15. The van der Waals surface area contributed by atoms with Crippen LogP contribution in [0.15, 0.2) is 146 Å². The minimum Gasteiger partial charge on any atom is -0.309 e. The zero-order valence-corrected chi connectivity index (χ0v) is 28.8. The van der Waals surface area contributed by atoms with Crippen molar-refractivity contribution in [1.29, 1.82) is 0 Å². The Hall–Kier alpha value is -5.86. The highest BCUT2D eigenvalue weighted by atomic mass is 15.0. The second-order valence-corrected chi connectivity index (χ2v) is 15.4. The van der Waals surface area contributed by atoms with Crippen LogP contribution >= 0.6 is 0 Å². The van der Waals surface area contributed by atoms with Crippen LogP contribution in [-0.2, 0) is 10.8 Å². The van der Waals surface area contributed by atoms with E-state index in [1.165, 1.54) is 99.5 Å². The number of hydrogen-bond acceptors (Lipinski definition) is 0. The summed E-state index contributed by atoms with van der Waals surface area (Å²) >= 11 is 0. The van der Waals surface area contributed by atoms with Crippen LogP contribution in [0.3, 0.4) is 0 Å². The lowest BCUT2D eigenvalue weighted by Gasteiger charge is -2.22. The average Bonchev–Trinajstić information content (AvgIpc) is 3.80. The maximum Gasteiger partial charge on any atom is 0.0641 e. The van der Waals surface area contributed by atoms with Gasteiger partial charge in [0.15, 0.2) is 0 Å². The molecule has 50 heavy (non-hydrogen) atoms. The van der Waals surface area contributed by atoms with Gasteiger partial charge in [-0.3, -0.25) is 0 Å². The number of fused-ring (bicyclic) bond motifs is 13. The molecule has 2 heterocycles. The third-order valence-electron chi connectivity index (χ3n) is 12.1. The number of hydrogen-bond donors (Lipinski definition) is 0. The molecule has 0 atom stereocenters. The molecule has 0 N–H and O–H groups in total. The molecular weight excluding hydrogens is 605 g/mol. The molecule has 7 aromatic carbocycles. The summed E-state index contributed by atoms with van der Waals surface area (Å²) in [6.07, 6.45) is 0. The van der Waals surface area contributed by atoms with Gasteiger partial charge in [0.2, 0.25) is 0 Å². The number of nitrogens with zero attached hydrogens (tertiary/aromatic N) is 2. The largest absolute Gasteiger partial charge is 0.309 e. The van der Waals surface area contributed by atoms with Crippen molar-refractivity contribution in [2.75, 3.05) is 0 Å². The van der Waals surface area contributed by atoms with Crippen LogP contribution in [0.1, 0.15) is 49.9 Å². The summed E-state index contributed by atoms with van der Waals surface area (Å²) in [6, 6.07) is 54.7. The lowest BCUT2D eigenvalue weighted by atomic mass is 9.82. The summed E-state index contributed by atoms with van der Waals surface area (Å²) < 4.78 is 5.02. The molecule has 0 spiro atoms. The molecule has 0 saturated carbocycles. The Morgan fingerprint density at radius 2 is 0.900 bits per heavy atom. The van der Waals surface area contributed by atoms with Gasteiger partial charge in [0.25, 0.3) is 0 Å². The third-order valence-corrected chi connectivity index (χ3v) is 12.1. The Labute approximate surface area is 291 Å². The van der Waals surface area contributed by atoms with Gasteiger partial charge in [-0.2, -0.15) is 0 Å². The maximum atomic E-state index is 2.53. The van der Waals surface area contributed by atoms with E-state index >= 15 is 0 Å². The molecule has 0 bridgehead atoms. The average molecular weight is 641 g/mol. The summed E-state index contributed by atoms with van der Waals surface area (Å²) in [6.45, 7) is 9.45. The van der Waals surface area contributed by atoms with E-state index in [0.29, 0.717) is 0 Å². The molecule has 0 saturated heterocycles. The molecule has 0 aliphatic heterocycles. The fourth-order valence-electron chi connectivity index (χ4n) is 9.73. The molecule has 2 aromatic heterocycles. The fraction of sp³-hybridized carbons (Fsp3) is 0.125. The van der Waals surface area contributed by atoms with Crippen LogP contribution in [0.25, 0.3) is 77.2 Å². The molecule has 9 aromatic rings. The zero-order valence-electron chi connectivity index (χ0n) is 28.8. The highest BCUT2D eigenvalue weighted by molar-refractivity contribution is 6.26. The Bertz CT molecular complexity index is 2930. The highest BCUT2D eigenvalue weighted by Crippen LogP contribution is 2.51. The molecule has 2 aliphatic rings. The van der Waals surface area contributed by atoms with Crippen LogP contribution in [0, 0.1) is 0 Å². The number of rotatable bonds is 2. The van der Waals surface area contributed by atoms with E-state index < -0.39 is 0 Å². The predicted molar refractivity (Wildman–Crippen MR) is 210 cm³/mol. The summed E-state index contributed by atoms with van der Waals surface area (Å²) in [4.78, 5) is 0. The van der Waals surface area contributed by atoms with E-state index in [1.807, 2.05) is 0 Å². The van der Waals surface area contributed by atoms with E-state index in [0.717, 1.165) is 0 Å². The summed E-state index contributed by atoms with van der Waals surface area (Å²) in [5.41, 5.74) is 18.2. The molecule has 0 radical (unpaired) electrons. The number of aromatic nitrogens is 2. The smallest absolute Gasteiger partial charge is 0.0641 e. The molecule has 2 nitrogen and oxygen atoms in total. The second-order valence-electron chi connectivity index (χ2n) is 15.4. The molecule has 11 rings (SSSR count). The SMILES string of the molecule is CC1(C)c2ccccc2-c2cc(-n3c4ccccc4c4ccc5c(c6ccccc6n5-c5ccc6c(c5)C(C)(C)c5ccccc5-6)c43)ccc21. The van der Waals surface area contributed by atoms with Gasteiger partial charge >= 0.3 is 0 Å². The molecular formula is C48H36N2. The van der Waals surface area contributed by atoms with Gasteiger partial charge in [0.05, 0.1) is 22.1 Å². The highest BCUT2D eigenvalue weighted by Gasteiger charge is 2.37. The topological polar surface area (TPSA) is 9.86 Å². The fourth-order valence-corrected chi connectivity index (χ4v) is 9.73.